The molecule has 1 rings (SSSR count). The Morgan fingerprint density at radius 3 is 2.53 bits per heavy atom. The molecule has 0 aliphatic carbocycles. The minimum Gasteiger partial charge on any atom is -0.481 e. The average Bonchev–Trinajstić information content (AvgIpc) is 2.21. The Morgan fingerprint density at radius 1 is 1.47 bits per heavy atom. The lowest BCUT2D eigenvalue weighted by atomic mass is 9.95. The van der Waals surface area contributed by atoms with Gasteiger partial charge in [0.15, 0.2) is 0 Å². The first kappa shape index (κ1) is 11.8. The molecule has 2 nitrogen and oxygen atoms in total. The molecule has 1 atom stereocenters. The van der Waals surface area contributed by atoms with Crippen LogP contribution in [0.2, 0.25) is 0 Å². The van der Waals surface area contributed by atoms with Crippen LogP contribution < -0.4 is 0 Å². The molecule has 78 valence electrons. The van der Waals surface area contributed by atoms with Crippen LogP contribution in [0.5, 0.6) is 0 Å². The lowest BCUT2D eigenvalue weighted by Crippen LogP contribution is -2.11. The van der Waals surface area contributed by atoms with Crippen LogP contribution in [0.1, 0.15) is 24.3 Å². The number of carboxylic acids is 1. The van der Waals surface area contributed by atoms with E-state index in [-0.39, 0.29) is 0 Å². The first-order valence-corrected chi connectivity index (χ1v) is 5.36. The maximum atomic E-state index is 11.0. The van der Waals surface area contributed by atoms with E-state index in [1.54, 1.807) is 12.1 Å². The summed E-state index contributed by atoms with van der Waals surface area (Å²) in [6.45, 7) is 0. The van der Waals surface area contributed by atoms with Crippen LogP contribution in [-0.4, -0.2) is 11.1 Å². The number of benzene rings is 1. The third kappa shape index (κ3) is 3.41. The molecule has 15 heavy (non-hydrogen) atoms. The van der Waals surface area contributed by atoms with Crippen LogP contribution in [0, 0.1) is 12.3 Å². The van der Waals surface area contributed by atoms with Gasteiger partial charge in [-0.15, -0.1) is 12.3 Å². The Kier molecular flexibility index (Phi) is 4.38. The number of rotatable bonds is 4. The van der Waals surface area contributed by atoms with E-state index >= 15 is 0 Å². The first-order chi connectivity index (χ1) is 7.15. The van der Waals surface area contributed by atoms with Gasteiger partial charge >= 0.3 is 5.97 Å². The van der Waals surface area contributed by atoms with Crippen molar-refractivity contribution in [1.82, 2.24) is 0 Å². The van der Waals surface area contributed by atoms with Crippen molar-refractivity contribution in [1.29, 1.82) is 0 Å². The second-order valence-electron chi connectivity index (χ2n) is 3.19. The molecular formula is C12H11BrO2. The maximum absolute atomic E-state index is 11.0. The summed E-state index contributed by atoms with van der Waals surface area (Å²) in [5, 5.41) is 9.04. The van der Waals surface area contributed by atoms with Crippen molar-refractivity contribution in [2.45, 2.75) is 18.8 Å². The van der Waals surface area contributed by atoms with Gasteiger partial charge in [-0.25, -0.2) is 0 Å². The van der Waals surface area contributed by atoms with Gasteiger partial charge in [0.05, 0.1) is 5.92 Å². The Morgan fingerprint density at radius 2 is 2.07 bits per heavy atom. The summed E-state index contributed by atoms with van der Waals surface area (Å²) in [4.78, 5) is 11.0. The number of halogens is 1. The number of aliphatic carboxylic acids is 1. The van der Waals surface area contributed by atoms with Gasteiger partial charge in [0.1, 0.15) is 0 Å². The summed E-state index contributed by atoms with van der Waals surface area (Å²) in [7, 11) is 0. The molecule has 3 heteroatoms. The van der Waals surface area contributed by atoms with Gasteiger partial charge in [0.2, 0.25) is 0 Å². The van der Waals surface area contributed by atoms with Crippen molar-refractivity contribution in [2.24, 2.45) is 0 Å². The van der Waals surface area contributed by atoms with Gasteiger partial charge in [-0.2, -0.15) is 0 Å². The smallest absolute Gasteiger partial charge is 0.311 e. The summed E-state index contributed by atoms with van der Waals surface area (Å²) in [6.07, 6.45) is 6.09. The van der Waals surface area contributed by atoms with E-state index in [1.807, 2.05) is 12.1 Å². The predicted molar refractivity (Wildman–Crippen MR) is 62.6 cm³/mol. The molecular weight excluding hydrogens is 256 g/mol. The highest BCUT2D eigenvalue weighted by Crippen LogP contribution is 2.23. The third-order valence-corrected chi connectivity index (χ3v) is 2.68. The summed E-state index contributed by atoms with van der Waals surface area (Å²) < 4.78 is 0.937. The fraction of sp³-hybridized carbons (Fsp3) is 0.250. The minimum absolute atomic E-state index is 0.479. The molecule has 0 aliphatic heterocycles. The molecule has 0 saturated heterocycles. The van der Waals surface area contributed by atoms with Crippen LogP contribution in [-0.2, 0) is 4.79 Å². The fourth-order valence-electron chi connectivity index (χ4n) is 1.36. The monoisotopic (exact) mass is 266 g/mol. The van der Waals surface area contributed by atoms with Crippen LogP contribution in [0.15, 0.2) is 28.7 Å². The Hall–Kier alpha value is -1.27. The molecule has 0 heterocycles. The highest BCUT2D eigenvalue weighted by atomic mass is 79.9. The van der Waals surface area contributed by atoms with E-state index in [0.29, 0.717) is 12.8 Å². The summed E-state index contributed by atoms with van der Waals surface area (Å²) in [5.41, 5.74) is 0.793. The van der Waals surface area contributed by atoms with Gasteiger partial charge in [-0.1, -0.05) is 28.1 Å². The zero-order valence-corrected chi connectivity index (χ0v) is 9.70. The zero-order chi connectivity index (χ0) is 11.3. The number of hydrogen-bond acceptors (Lipinski definition) is 1. The first-order valence-electron chi connectivity index (χ1n) is 4.57. The highest BCUT2D eigenvalue weighted by Gasteiger charge is 2.18. The van der Waals surface area contributed by atoms with Crippen molar-refractivity contribution in [2.75, 3.05) is 0 Å². The molecule has 0 fully saturated rings. The van der Waals surface area contributed by atoms with Crippen LogP contribution in [0.4, 0.5) is 0 Å². The van der Waals surface area contributed by atoms with E-state index in [0.717, 1.165) is 10.0 Å². The zero-order valence-electron chi connectivity index (χ0n) is 8.11. The standard InChI is InChI=1S/C12H11BrO2/c1-2-3-4-11(12(14)15)9-5-7-10(13)8-6-9/h1,5-8,11H,3-4H2,(H,14,15). The minimum atomic E-state index is -0.826. The van der Waals surface area contributed by atoms with Crippen LogP contribution in [0.25, 0.3) is 0 Å². The molecule has 1 N–H and O–H groups in total. The Balaban J connectivity index is 2.85. The summed E-state index contributed by atoms with van der Waals surface area (Å²) >= 11 is 3.30. The lowest BCUT2D eigenvalue weighted by molar-refractivity contribution is -0.138. The van der Waals surface area contributed by atoms with Gasteiger partial charge in [0.25, 0.3) is 0 Å². The Bertz CT molecular complexity index is 376. The maximum Gasteiger partial charge on any atom is 0.311 e. The molecule has 0 aromatic heterocycles. The van der Waals surface area contributed by atoms with E-state index < -0.39 is 11.9 Å². The van der Waals surface area contributed by atoms with Gasteiger partial charge in [0, 0.05) is 10.9 Å². The number of terminal acetylenes is 1. The second kappa shape index (κ2) is 5.57. The number of carbonyl (C=O) groups is 1. The summed E-state index contributed by atoms with van der Waals surface area (Å²) in [6, 6.07) is 7.28. The second-order valence-corrected chi connectivity index (χ2v) is 4.10. The summed E-state index contributed by atoms with van der Waals surface area (Å²) in [5.74, 6) is 1.13. The van der Waals surface area contributed by atoms with Gasteiger partial charge in [-0.3, -0.25) is 4.79 Å². The van der Waals surface area contributed by atoms with Gasteiger partial charge in [-0.05, 0) is 24.1 Å². The average molecular weight is 267 g/mol. The molecule has 1 aromatic rings. The molecule has 0 radical (unpaired) electrons. The SMILES string of the molecule is C#CCCC(C(=O)O)c1ccc(Br)cc1. The lowest BCUT2D eigenvalue weighted by Gasteiger charge is -2.10. The van der Waals surface area contributed by atoms with E-state index in [9.17, 15) is 4.79 Å². The van der Waals surface area contributed by atoms with Crippen LogP contribution in [0.3, 0.4) is 0 Å². The third-order valence-electron chi connectivity index (χ3n) is 2.15. The van der Waals surface area contributed by atoms with Crippen LogP contribution >= 0.6 is 15.9 Å². The van der Waals surface area contributed by atoms with Gasteiger partial charge < -0.3 is 5.11 Å². The topological polar surface area (TPSA) is 37.3 Å². The molecule has 1 unspecified atom stereocenters. The number of carboxylic acid groups (broad SMARTS) is 1. The molecule has 1 aromatic carbocycles. The molecule has 0 spiro atoms. The van der Waals surface area contributed by atoms with E-state index in [2.05, 4.69) is 21.9 Å². The molecule has 0 bridgehead atoms. The normalized spacial score (nSPS) is 11.7. The Labute approximate surface area is 97.4 Å². The fourth-order valence-corrected chi connectivity index (χ4v) is 1.62. The van der Waals surface area contributed by atoms with E-state index in [4.69, 9.17) is 11.5 Å². The molecule has 0 saturated carbocycles. The van der Waals surface area contributed by atoms with Crippen molar-refractivity contribution < 1.29 is 9.90 Å². The highest BCUT2D eigenvalue weighted by molar-refractivity contribution is 9.10. The van der Waals surface area contributed by atoms with Crippen molar-refractivity contribution in [3.63, 3.8) is 0 Å². The van der Waals surface area contributed by atoms with Crippen molar-refractivity contribution >= 4 is 21.9 Å². The van der Waals surface area contributed by atoms with Crippen molar-refractivity contribution in [3.8, 4) is 12.3 Å². The quantitative estimate of drug-likeness (QED) is 0.851. The molecule has 0 aliphatic rings. The largest absolute Gasteiger partial charge is 0.481 e. The van der Waals surface area contributed by atoms with E-state index in [1.165, 1.54) is 0 Å². The predicted octanol–water partition coefficient (Wildman–Crippen LogP) is 3.03. The number of hydrogen-bond donors (Lipinski definition) is 1. The van der Waals surface area contributed by atoms with Crippen molar-refractivity contribution in [3.05, 3.63) is 34.3 Å². The molecule has 0 amide bonds.